The molecular formula is C20H20N4O4S. The summed E-state index contributed by atoms with van der Waals surface area (Å²) in [7, 11) is 0. The van der Waals surface area contributed by atoms with Crippen molar-refractivity contribution in [1.29, 1.82) is 0 Å². The van der Waals surface area contributed by atoms with E-state index >= 15 is 0 Å². The highest BCUT2D eigenvalue weighted by Gasteiger charge is 2.43. The molecule has 1 aliphatic rings. The van der Waals surface area contributed by atoms with Crippen molar-refractivity contribution in [2.45, 2.75) is 25.9 Å². The van der Waals surface area contributed by atoms with E-state index in [9.17, 15) is 14.4 Å². The summed E-state index contributed by atoms with van der Waals surface area (Å²) in [5.74, 6) is -1.39. The lowest BCUT2D eigenvalue weighted by Gasteiger charge is -2.23. The molecule has 0 bridgehead atoms. The van der Waals surface area contributed by atoms with Crippen LogP contribution in [0.5, 0.6) is 0 Å². The van der Waals surface area contributed by atoms with Crippen molar-refractivity contribution < 1.29 is 19.1 Å². The van der Waals surface area contributed by atoms with Gasteiger partial charge < -0.3 is 15.4 Å². The number of ether oxygens (including phenoxy) is 1. The molecule has 0 aliphatic carbocycles. The number of nitrogens with two attached hydrogens (primary N) is 1. The zero-order valence-electron chi connectivity index (χ0n) is 15.8. The zero-order chi connectivity index (χ0) is 21.0. The van der Waals surface area contributed by atoms with Crippen molar-refractivity contribution in [3.8, 4) is 0 Å². The Bertz CT molecular complexity index is 933. The summed E-state index contributed by atoms with van der Waals surface area (Å²) in [6.07, 6.45) is 3.16. The molecule has 1 aromatic heterocycles. The minimum Gasteiger partial charge on any atom is -0.462 e. The van der Waals surface area contributed by atoms with E-state index in [2.05, 4.69) is 4.98 Å². The quantitative estimate of drug-likeness (QED) is 0.544. The maximum Gasteiger partial charge on any atom is 0.338 e. The van der Waals surface area contributed by atoms with E-state index in [0.29, 0.717) is 17.8 Å². The molecule has 2 aromatic rings. The van der Waals surface area contributed by atoms with E-state index in [0.717, 1.165) is 5.56 Å². The maximum absolute atomic E-state index is 13.1. The number of rotatable bonds is 7. The number of hydrogen-bond donors (Lipinski definition) is 1. The number of nitrogens with zero attached hydrogens (tertiary/aromatic N) is 3. The van der Waals surface area contributed by atoms with Gasteiger partial charge in [0.05, 0.1) is 24.3 Å². The Hall–Kier alpha value is -3.33. The van der Waals surface area contributed by atoms with Crippen molar-refractivity contribution in [1.82, 2.24) is 9.88 Å². The minimum atomic E-state index is -0.801. The van der Waals surface area contributed by atoms with Gasteiger partial charge in [0.15, 0.2) is 5.11 Å². The first-order valence-electron chi connectivity index (χ1n) is 9.01. The molecule has 3 rings (SSSR count). The molecule has 1 atom stereocenters. The third-order valence-corrected chi connectivity index (χ3v) is 4.84. The third kappa shape index (κ3) is 4.40. The number of anilines is 1. The maximum atomic E-state index is 13.1. The van der Waals surface area contributed by atoms with Crippen LogP contribution in [0, 0.1) is 0 Å². The highest BCUT2D eigenvalue weighted by atomic mass is 32.1. The first-order valence-corrected chi connectivity index (χ1v) is 9.42. The number of thiocarbonyl (C=S) groups is 1. The molecule has 150 valence electrons. The smallest absolute Gasteiger partial charge is 0.338 e. The van der Waals surface area contributed by atoms with Gasteiger partial charge in [0.2, 0.25) is 5.91 Å². The van der Waals surface area contributed by atoms with Gasteiger partial charge in [-0.05, 0) is 55.0 Å². The molecule has 2 heterocycles. The highest BCUT2D eigenvalue weighted by Crippen LogP contribution is 2.28. The van der Waals surface area contributed by atoms with Crippen LogP contribution >= 0.6 is 12.2 Å². The van der Waals surface area contributed by atoms with Gasteiger partial charge in [-0.25, -0.2) is 4.79 Å². The summed E-state index contributed by atoms with van der Waals surface area (Å²) >= 11 is 5.54. The Labute approximate surface area is 173 Å². The Morgan fingerprint density at radius 1 is 1.24 bits per heavy atom. The van der Waals surface area contributed by atoms with Crippen LogP contribution < -0.4 is 10.6 Å². The fourth-order valence-corrected chi connectivity index (χ4v) is 3.48. The predicted molar refractivity (Wildman–Crippen MR) is 110 cm³/mol. The van der Waals surface area contributed by atoms with Gasteiger partial charge in [-0.3, -0.25) is 19.5 Å². The Morgan fingerprint density at radius 3 is 2.55 bits per heavy atom. The van der Waals surface area contributed by atoms with Gasteiger partial charge in [-0.15, -0.1) is 0 Å². The third-order valence-electron chi connectivity index (χ3n) is 4.43. The molecule has 0 saturated carbocycles. The van der Waals surface area contributed by atoms with Crippen LogP contribution in [0.2, 0.25) is 0 Å². The summed E-state index contributed by atoms with van der Waals surface area (Å²) in [6, 6.07) is 9.21. The molecule has 2 N–H and O–H groups in total. The van der Waals surface area contributed by atoms with Crippen LogP contribution in [-0.4, -0.2) is 45.4 Å². The Morgan fingerprint density at radius 2 is 1.97 bits per heavy atom. The second-order valence-electron chi connectivity index (χ2n) is 6.40. The average molecular weight is 412 g/mol. The van der Waals surface area contributed by atoms with Crippen LogP contribution in [0.15, 0.2) is 48.8 Å². The Kier molecular flexibility index (Phi) is 6.18. The van der Waals surface area contributed by atoms with Gasteiger partial charge in [0, 0.05) is 18.9 Å². The van der Waals surface area contributed by atoms with E-state index in [-0.39, 0.29) is 24.0 Å². The Balaban J connectivity index is 1.89. The number of benzene rings is 1. The number of carbonyl (C=O) groups is 3. The first-order chi connectivity index (χ1) is 13.9. The molecule has 29 heavy (non-hydrogen) atoms. The summed E-state index contributed by atoms with van der Waals surface area (Å²) in [5.41, 5.74) is 7.07. The van der Waals surface area contributed by atoms with Crippen molar-refractivity contribution in [3.63, 3.8) is 0 Å². The van der Waals surface area contributed by atoms with Gasteiger partial charge in [-0.1, -0.05) is 6.07 Å². The van der Waals surface area contributed by atoms with Crippen LogP contribution in [0.4, 0.5) is 5.69 Å². The van der Waals surface area contributed by atoms with Crippen molar-refractivity contribution in [2.75, 3.05) is 11.5 Å². The fraction of sp³-hybridized carbons (Fsp3) is 0.250. The summed E-state index contributed by atoms with van der Waals surface area (Å²) in [6.45, 7) is 2.31. The number of hydrogen-bond acceptors (Lipinski definition) is 6. The van der Waals surface area contributed by atoms with Crippen molar-refractivity contribution in [2.24, 2.45) is 5.73 Å². The van der Waals surface area contributed by atoms with E-state index in [1.54, 1.807) is 54.5 Å². The standard InChI is InChI=1S/C20H20N4O4S/c1-2-28-19(27)14-5-7-15(8-6-14)24-18(26)16(10-17(21)25)23(20(24)29)12-13-4-3-9-22-11-13/h3-9,11,16H,2,10,12H2,1H3,(H2,21,25). The molecule has 1 aliphatic heterocycles. The lowest BCUT2D eigenvalue weighted by molar-refractivity contribution is -0.125. The molecule has 1 saturated heterocycles. The van der Waals surface area contributed by atoms with Crippen molar-refractivity contribution >= 4 is 40.8 Å². The molecule has 1 unspecified atom stereocenters. The molecule has 2 amide bonds. The first kappa shape index (κ1) is 20.4. The van der Waals surface area contributed by atoms with E-state index in [1.165, 1.54) is 4.90 Å². The number of aromatic nitrogens is 1. The van der Waals surface area contributed by atoms with Gasteiger partial charge in [0.25, 0.3) is 5.91 Å². The molecule has 9 heteroatoms. The van der Waals surface area contributed by atoms with Gasteiger partial charge in [-0.2, -0.15) is 0 Å². The SMILES string of the molecule is CCOC(=O)c1ccc(N2C(=O)C(CC(N)=O)N(Cc3cccnc3)C2=S)cc1. The second-order valence-corrected chi connectivity index (χ2v) is 6.76. The molecule has 0 spiro atoms. The van der Waals surface area contributed by atoms with E-state index in [1.807, 2.05) is 6.07 Å². The average Bonchev–Trinajstić information content (AvgIpc) is 2.93. The number of primary amides is 1. The topological polar surface area (TPSA) is 106 Å². The minimum absolute atomic E-state index is 0.156. The highest BCUT2D eigenvalue weighted by molar-refractivity contribution is 7.80. The second kappa shape index (κ2) is 8.78. The van der Waals surface area contributed by atoms with Crippen LogP contribution in [0.3, 0.4) is 0 Å². The van der Waals surface area contributed by atoms with E-state index < -0.39 is 17.9 Å². The number of esters is 1. The molecule has 1 fully saturated rings. The lowest BCUT2D eigenvalue weighted by Crippen LogP contribution is -2.37. The normalized spacial score (nSPS) is 16.2. The van der Waals surface area contributed by atoms with Crippen LogP contribution in [0.1, 0.15) is 29.3 Å². The monoisotopic (exact) mass is 412 g/mol. The van der Waals surface area contributed by atoms with Crippen LogP contribution in [-0.2, 0) is 20.9 Å². The summed E-state index contributed by atoms with van der Waals surface area (Å²) in [4.78, 5) is 43.5. The van der Waals surface area contributed by atoms with Crippen molar-refractivity contribution in [3.05, 3.63) is 59.9 Å². The molecule has 8 nitrogen and oxygen atoms in total. The largest absolute Gasteiger partial charge is 0.462 e. The predicted octanol–water partition coefficient (Wildman–Crippen LogP) is 1.64. The molecular weight excluding hydrogens is 392 g/mol. The summed E-state index contributed by atoms with van der Waals surface area (Å²) < 4.78 is 4.97. The zero-order valence-corrected chi connectivity index (χ0v) is 16.6. The van der Waals surface area contributed by atoms with Gasteiger partial charge >= 0.3 is 5.97 Å². The fourth-order valence-electron chi connectivity index (χ4n) is 3.09. The number of carbonyl (C=O) groups excluding carboxylic acids is 3. The molecule has 0 radical (unpaired) electrons. The summed E-state index contributed by atoms with van der Waals surface area (Å²) in [5, 5.41) is 0.258. The number of amides is 2. The van der Waals surface area contributed by atoms with E-state index in [4.69, 9.17) is 22.7 Å². The van der Waals surface area contributed by atoms with Gasteiger partial charge in [0.1, 0.15) is 6.04 Å². The molecule has 1 aromatic carbocycles. The number of pyridine rings is 1. The lowest BCUT2D eigenvalue weighted by atomic mass is 10.1. The van der Waals surface area contributed by atoms with Crippen LogP contribution in [0.25, 0.3) is 0 Å².